The molecule has 25 heavy (non-hydrogen) atoms. The Morgan fingerprint density at radius 3 is 2.16 bits per heavy atom. The highest BCUT2D eigenvalue weighted by molar-refractivity contribution is 5.99. The Morgan fingerprint density at radius 2 is 1.68 bits per heavy atom. The van der Waals surface area contributed by atoms with E-state index < -0.39 is 5.60 Å². The smallest absolute Gasteiger partial charge is 0.256 e. The van der Waals surface area contributed by atoms with Crippen LogP contribution in [0.1, 0.15) is 44.0 Å². The van der Waals surface area contributed by atoms with Gasteiger partial charge in [-0.05, 0) is 71.0 Å². The van der Waals surface area contributed by atoms with Crippen LogP contribution in [0.3, 0.4) is 0 Å². The van der Waals surface area contributed by atoms with Gasteiger partial charge in [0.2, 0.25) is 0 Å². The van der Waals surface area contributed by atoms with Crippen molar-refractivity contribution >= 4 is 29.9 Å². The standard InChI is InChI=1S/C18H27N3O3.ClH/c1-17(2,3)21-15(22)13-5-7-14(8-6-13)20-16(23)18(24-4)9-11-19-12-10-18;/h5-8,19H,9-12H2,1-4H3,(H,20,23)(H,21,22);1H. The molecule has 6 nitrogen and oxygen atoms in total. The van der Waals surface area contributed by atoms with Gasteiger partial charge in [0.05, 0.1) is 0 Å². The second-order valence-electron chi connectivity index (χ2n) is 7.18. The summed E-state index contributed by atoms with van der Waals surface area (Å²) in [5.41, 5.74) is 0.144. The van der Waals surface area contributed by atoms with Crippen LogP contribution in [-0.4, -0.2) is 43.2 Å². The minimum Gasteiger partial charge on any atom is -0.368 e. The Labute approximate surface area is 155 Å². The lowest BCUT2D eigenvalue weighted by atomic mass is 9.91. The number of rotatable bonds is 4. The van der Waals surface area contributed by atoms with Crippen molar-refractivity contribution in [1.29, 1.82) is 0 Å². The lowest BCUT2D eigenvalue weighted by Gasteiger charge is -2.34. The van der Waals surface area contributed by atoms with Crippen molar-refractivity contribution in [1.82, 2.24) is 10.6 Å². The summed E-state index contributed by atoms with van der Waals surface area (Å²) in [6.45, 7) is 7.31. The van der Waals surface area contributed by atoms with Crippen molar-refractivity contribution in [3.05, 3.63) is 29.8 Å². The normalized spacial score (nSPS) is 16.5. The highest BCUT2D eigenvalue weighted by Gasteiger charge is 2.39. The summed E-state index contributed by atoms with van der Waals surface area (Å²) in [7, 11) is 1.57. The molecule has 0 aromatic heterocycles. The maximum atomic E-state index is 12.6. The molecule has 0 radical (unpaired) electrons. The second-order valence-corrected chi connectivity index (χ2v) is 7.18. The van der Waals surface area contributed by atoms with E-state index in [1.54, 1.807) is 31.4 Å². The third-order valence-electron chi connectivity index (χ3n) is 4.11. The van der Waals surface area contributed by atoms with Crippen LogP contribution in [-0.2, 0) is 9.53 Å². The van der Waals surface area contributed by atoms with Gasteiger partial charge in [-0.2, -0.15) is 0 Å². The van der Waals surface area contributed by atoms with Gasteiger partial charge in [0, 0.05) is 23.9 Å². The number of nitrogens with one attached hydrogen (secondary N) is 3. The van der Waals surface area contributed by atoms with Gasteiger partial charge in [-0.15, -0.1) is 12.4 Å². The number of hydrogen-bond donors (Lipinski definition) is 3. The molecule has 0 atom stereocenters. The molecule has 0 aliphatic carbocycles. The first-order valence-electron chi connectivity index (χ1n) is 8.26. The third kappa shape index (κ3) is 5.70. The predicted molar refractivity (Wildman–Crippen MR) is 101 cm³/mol. The molecule has 1 saturated heterocycles. The molecule has 2 amide bonds. The van der Waals surface area contributed by atoms with Gasteiger partial charge in [0.1, 0.15) is 5.60 Å². The number of anilines is 1. The van der Waals surface area contributed by atoms with Gasteiger partial charge in [-0.1, -0.05) is 0 Å². The number of methoxy groups -OCH3 is 1. The monoisotopic (exact) mass is 369 g/mol. The van der Waals surface area contributed by atoms with Gasteiger partial charge in [0.15, 0.2) is 0 Å². The highest BCUT2D eigenvalue weighted by atomic mass is 35.5. The molecule has 1 heterocycles. The fraction of sp³-hybridized carbons (Fsp3) is 0.556. The SMILES string of the molecule is COC1(C(=O)Nc2ccc(C(=O)NC(C)(C)C)cc2)CCNCC1.Cl. The van der Waals surface area contributed by atoms with Crippen molar-refractivity contribution in [2.45, 2.75) is 44.8 Å². The van der Waals surface area contributed by atoms with Crippen LogP contribution in [0.4, 0.5) is 5.69 Å². The molecule has 1 aliphatic rings. The Kier molecular flexibility index (Phi) is 7.41. The molecule has 1 fully saturated rings. The highest BCUT2D eigenvalue weighted by Crippen LogP contribution is 2.24. The number of piperidine rings is 1. The molecular formula is C18H28ClN3O3. The molecule has 0 spiro atoms. The zero-order valence-electron chi connectivity index (χ0n) is 15.3. The maximum absolute atomic E-state index is 12.6. The van der Waals surface area contributed by atoms with Crippen LogP contribution in [0.25, 0.3) is 0 Å². The second kappa shape index (κ2) is 8.65. The first-order valence-corrected chi connectivity index (χ1v) is 8.26. The Bertz CT molecular complexity index is 591. The topological polar surface area (TPSA) is 79.5 Å². The molecule has 2 rings (SSSR count). The Hall–Kier alpha value is -1.63. The minimum atomic E-state index is -0.784. The van der Waals surface area contributed by atoms with Crippen LogP contribution in [0.5, 0.6) is 0 Å². The van der Waals surface area contributed by atoms with Crippen LogP contribution >= 0.6 is 12.4 Å². The molecule has 1 aromatic carbocycles. The molecule has 0 bridgehead atoms. The summed E-state index contributed by atoms with van der Waals surface area (Å²) < 4.78 is 5.51. The van der Waals surface area contributed by atoms with E-state index >= 15 is 0 Å². The Balaban J connectivity index is 0.00000312. The predicted octanol–water partition coefficient (Wildman–Crippen LogP) is 2.34. The zero-order chi connectivity index (χ0) is 17.8. The van der Waals surface area contributed by atoms with E-state index in [2.05, 4.69) is 16.0 Å². The number of amides is 2. The van der Waals surface area contributed by atoms with Gasteiger partial charge in [0.25, 0.3) is 11.8 Å². The summed E-state index contributed by atoms with van der Waals surface area (Å²) in [6.07, 6.45) is 1.28. The van der Waals surface area contributed by atoms with E-state index in [1.165, 1.54) is 0 Å². The van der Waals surface area contributed by atoms with Crippen LogP contribution in [0.2, 0.25) is 0 Å². The minimum absolute atomic E-state index is 0. The number of halogens is 1. The largest absolute Gasteiger partial charge is 0.368 e. The van der Waals surface area contributed by atoms with Gasteiger partial charge in [-0.3, -0.25) is 9.59 Å². The van der Waals surface area contributed by atoms with Gasteiger partial charge >= 0.3 is 0 Å². The van der Waals surface area contributed by atoms with Crippen molar-refractivity contribution in [3.8, 4) is 0 Å². The molecule has 140 valence electrons. The fourth-order valence-electron chi connectivity index (χ4n) is 2.72. The van der Waals surface area contributed by atoms with Gasteiger partial charge in [-0.25, -0.2) is 0 Å². The average molecular weight is 370 g/mol. The molecule has 1 aliphatic heterocycles. The molecular weight excluding hydrogens is 342 g/mol. The van der Waals surface area contributed by atoms with E-state index in [-0.39, 0.29) is 29.8 Å². The van der Waals surface area contributed by atoms with E-state index in [1.807, 2.05) is 20.8 Å². The van der Waals surface area contributed by atoms with Gasteiger partial charge < -0.3 is 20.7 Å². The van der Waals surface area contributed by atoms with E-state index in [0.29, 0.717) is 24.1 Å². The molecule has 7 heteroatoms. The average Bonchev–Trinajstić information content (AvgIpc) is 2.54. The fourth-order valence-corrected chi connectivity index (χ4v) is 2.72. The van der Waals surface area contributed by atoms with Crippen LogP contribution in [0, 0.1) is 0 Å². The maximum Gasteiger partial charge on any atom is 0.256 e. The summed E-state index contributed by atoms with van der Waals surface area (Å²) in [4.78, 5) is 24.7. The number of carbonyl (C=O) groups is 2. The van der Waals surface area contributed by atoms with E-state index in [4.69, 9.17) is 4.74 Å². The zero-order valence-corrected chi connectivity index (χ0v) is 16.1. The van der Waals surface area contributed by atoms with Crippen molar-refractivity contribution < 1.29 is 14.3 Å². The molecule has 1 aromatic rings. The Morgan fingerprint density at radius 1 is 1.12 bits per heavy atom. The number of carbonyl (C=O) groups excluding carboxylic acids is 2. The summed E-state index contributed by atoms with van der Waals surface area (Å²) >= 11 is 0. The molecule has 0 unspecified atom stereocenters. The number of hydrogen-bond acceptors (Lipinski definition) is 4. The van der Waals surface area contributed by atoms with E-state index in [0.717, 1.165) is 13.1 Å². The summed E-state index contributed by atoms with van der Waals surface area (Å²) in [5, 5.41) is 9.03. The number of ether oxygens (including phenoxy) is 1. The summed E-state index contributed by atoms with van der Waals surface area (Å²) in [6, 6.07) is 6.89. The summed E-state index contributed by atoms with van der Waals surface area (Å²) in [5.74, 6) is -0.273. The van der Waals surface area contributed by atoms with Crippen molar-refractivity contribution in [2.75, 3.05) is 25.5 Å². The van der Waals surface area contributed by atoms with Crippen LogP contribution < -0.4 is 16.0 Å². The first-order chi connectivity index (χ1) is 11.3. The van der Waals surface area contributed by atoms with E-state index in [9.17, 15) is 9.59 Å². The van der Waals surface area contributed by atoms with Crippen LogP contribution in [0.15, 0.2) is 24.3 Å². The van der Waals surface area contributed by atoms with Crippen molar-refractivity contribution in [2.24, 2.45) is 0 Å². The lowest BCUT2D eigenvalue weighted by Crippen LogP contribution is -2.51. The lowest BCUT2D eigenvalue weighted by molar-refractivity contribution is -0.140. The van der Waals surface area contributed by atoms with Crippen molar-refractivity contribution in [3.63, 3.8) is 0 Å². The quantitative estimate of drug-likeness (QED) is 0.761. The number of benzene rings is 1. The third-order valence-corrected chi connectivity index (χ3v) is 4.11. The molecule has 3 N–H and O–H groups in total. The first kappa shape index (κ1) is 21.4. The molecule has 0 saturated carbocycles.